The van der Waals surface area contributed by atoms with E-state index in [1.54, 1.807) is 0 Å². The normalized spacial score (nSPS) is 8.50. The Bertz CT molecular complexity index is 96.6. The van der Waals surface area contributed by atoms with E-state index >= 15 is 0 Å². The molecular formula is C2H2O4Se2. The number of hydrogen-bond donors (Lipinski definition) is 2. The summed E-state index contributed by atoms with van der Waals surface area (Å²) in [4.78, 5) is 17.4. The van der Waals surface area contributed by atoms with Crippen LogP contribution in [0.3, 0.4) is 0 Å². The maximum atomic E-state index is 9.68. The van der Waals surface area contributed by atoms with Gasteiger partial charge in [0.05, 0.1) is 0 Å². The van der Waals surface area contributed by atoms with Crippen LogP contribution >= 0.6 is 0 Å². The summed E-state index contributed by atoms with van der Waals surface area (Å²) in [6.45, 7) is 0. The molecule has 0 saturated carbocycles. The van der Waals surface area contributed by atoms with Crippen molar-refractivity contribution in [2.75, 3.05) is 0 Å². The first-order valence-electron chi connectivity index (χ1n) is 1.43. The third-order valence-electron chi connectivity index (χ3n) is 0.184. The molecule has 0 aromatic rings. The van der Waals surface area contributed by atoms with Crippen molar-refractivity contribution in [1.82, 2.24) is 0 Å². The predicted molar refractivity (Wildman–Crippen MR) is 27.6 cm³/mol. The van der Waals surface area contributed by atoms with Crippen LogP contribution in [0.4, 0.5) is 9.59 Å². The Labute approximate surface area is 56.1 Å². The molecule has 46 valence electrons. The van der Waals surface area contributed by atoms with Gasteiger partial charge >= 0.3 is 55.8 Å². The van der Waals surface area contributed by atoms with Gasteiger partial charge in [0, 0.05) is 0 Å². The molecule has 0 aromatic carbocycles. The van der Waals surface area contributed by atoms with Gasteiger partial charge in [-0.1, -0.05) is 0 Å². The molecule has 4 nitrogen and oxygen atoms in total. The summed E-state index contributed by atoms with van der Waals surface area (Å²) < 4.78 is 0. The number of hydrogen-bond acceptors (Lipinski definition) is 2. The van der Waals surface area contributed by atoms with Gasteiger partial charge in [-0.15, -0.1) is 0 Å². The standard InChI is InChI=1S/C2H2O4Se2/c3-1(4)7-8-2(5)6/h(H,3,4)(H,5,6). The van der Waals surface area contributed by atoms with Crippen molar-refractivity contribution in [1.29, 1.82) is 0 Å². The molecule has 0 saturated heterocycles. The van der Waals surface area contributed by atoms with Crippen molar-refractivity contribution in [3.8, 4) is 0 Å². The van der Waals surface area contributed by atoms with Crippen LogP contribution in [0.2, 0.25) is 0 Å². The van der Waals surface area contributed by atoms with Crippen LogP contribution in [0.5, 0.6) is 0 Å². The minimum atomic E-state index is -0.986. The van der Waals surface area contributed by atoms with Gasteiger partial charge in [0.1, 0.15) is 0 Å². The average molecular weight is 248 g/mol. The molecule has 6 heteroatoms. The summed E-state index contributed by atoms with van der Waals surface area (Å²) in [6.07, 6.45) is 0. The SMILES string of the molecule is O=C(O)[Se][Se]C(=O)O. The van der Waals surface area contributed by atoms with Crippen LogP contribution in [0.15, 0.2) is 0 Å². The molecule has 0 radical (unpaired) electrons. The van der Waals surface area contributed by atoms with Gasteiger partial charge < -0.3 is 0 Å². The van der Waals surface area contributed by atoms with Gasteiger partial charge in [-0.3, -0.25) is 0 Å². The predicted octanol–water partition coefficient (Wildman–Crippen LogP) is -0.334. The molecule has 0 aliphatic carbocycles. The van der Waals surface area contributed by atoms with Crippen molar-refractivity contribution >= 4 is 36.0 Å². The van der Waals surface area contributed by atoms with Gasteiger partial charge in [-0.2, -0.15) is 0 Å². The molecule has 0 amide bonds. The van der Waals surface area contributed by atoms with Gasteiger partial charge in [0.25, 0.3) is 0 Å². The molecule has 0 unspecified atom stereocenters. The fraction of sp³-hybridized carbons (Fsp3) is 0. The van der Waals surface area contributed by atoms with Crippen LogP contribution in [0, 0.1) is 0 Å². The molecule has 2 N–H and O–H groups in total. The summed E-state index contributed by atoms with van der Waals surface area (Å²) in [5.41, 5.74) is 0. The van der Waals surface area contributed by atoms with Gasteiger partial charge in [-0.25, -0.2) is 0 Å². The zero-order valence-corrected chi connectivity index (χ0v) is 6.95. The summed E-state index contributed by atoms with van der Waals surface area (Å²) in [5, 5.41) is 15.9. The molecule has 0 bridgehead atoms. The molecule has 0 aromatic heterocycles. The van der Waals surface area contributed by atoms with E-state index < -0.39 is 36.0 Å². The molecule has 0 atom stereocenters. The molecule has 0 aliphatic heterocycles. The monoisotopic (exact) mass is 250 g/mol. The van der Waals surface area contributed by atoms with Crippen LogP contribution < -0.4 is 0 Å². The second-order valence-corrected chi connectivity index (χ2v) is 6.50. The number of rotatable bonds is 3. The topological polar surface area (TPSA) is 74.6 Å². The van der Waals surface area contributed by atoms with Gasteiger partial charge in [-0.05, 0) is 0 Å². The van der Waals surface area contributed by atoms with E-state index in [0.717, 1.165) is 0 Å². The first-order valence-corrected chi connectivity index (χ1v) is 7.48. The Morgan fingerprint density at radius 3 is 1.38 bits per heavy atom. The third-order valence-corrected chi connectivity index (χ3v) is 4.97. The Morgan fingerprint density at radius 1 is 1.00 bits per heavy atom. The Hall–Kier alpha value is -0.0210. The van der Waals surface area contributed by atoms with Gasteiger partial charge in [0.15, 0.2) is 0 Å². The van der Waals surface area contributed by atoms with Crippen LogP contribution in [-0.2, 0) is 0 Å². The first kappa shape index (κ1) is 7.98. The van der Waals surface area contributed by atoms with Crippen LogP contribution in [0.25, 0.3) is 0 Å². The third kappa shape index (κ3) is 5.98. The van der Waals surface area contributed by atoms with E-state index in [1.165, 1.54) is 0 Å². The molecule has 0 rings (SSSR count). The number of carboxylic acid groups (broad SMARTS) is 2. The molecule has 0 spiro atoms. The van der Waals surface area contributed by atoms with E-state index in [4.69, 9.17) is 10.2 Å². The van der Waals surface area contributed by atoms with Crippen molar-refractivity contribution in [3.05, 3.63) is 0 Å². The summed E-state index contributed by atoms with van der Waals surface area (Å²) in [5.74, 6) is 0. The molecule has 0 aliphatic rings. The van der Waals surface area contributed by atoms with Crippen molar-refractivity contribution in [2.24, 2.45) is 0 Å². The van der Waals surface area contributed by atoms with E-state index in [-0.39, 0.29) is 0 Å². The molecule has 0 heterocycles. The fourth-order valence-electron chi connectivity index (χ4n) is 0.0713. The summed E-state index contributed by atoms with van der Waals surface area (Å²) in [7, 11) is 0. The second kappa shape index (κ2) is 3.92. The summed E-state index contributed by atoms with van der Waals surface area (Å²) in [6, 6.07) is 0. The van der Waals surface area contributed by atoms with Crippen molar-refractivity contribution in [3.63, 3.8) is 0 Å². The molecular weight excluding hydrogens is 246 g/mol. The Morgan fingerprint density at radius 2 is 1.25 bits per heavy atom. The zero-order chi connectivity index (χ0) is 6.57. The first-order chi connectivity index (χ1) is 3.63. The van der Waals surface area contributed by atoms with Crippen molar-refractivity contribution < 1.29 is 19.8 Å². The molecule has 0 fully saturated rings. The van der Waals surface area contributed by atoms with E-state index in [2.05, 4.69) is 0 Å². The van der Waals surface area contributed by atoms with E-state index in [1.807, 2.05) is 0 Å². The maximum absolute atomic E-state index is 9.68. The van der Waals surface area contributed by atoms with Gasteiger partial charge in [0.2, 0.25) is 0 Å². The fourth-order valence-corrected chi connectivity index (χ4v) is 1.92. The minimum absolute atomic E-state index is 0.723. The van der Waals surface area contributed by atoms with Crippen molar-refractivity contribution in [2.45, 2.75) is 0 Å². The average Bonchev–Trinajstić information content (AvgIpc) is 1.61. The summed E-state index contributed by atoms with van der Waals surface area (Å²) >= 11 is -1.45. The second-order valence-electron chi connectivity index (χ2n) is 0.698. The van der Waals surface area contributed by atoms with E-state index in [0.29, 0.717) is 0 Å². The van der Waals surface area contributed by atoms with Crippen LogP contribution in [-0.4, -0.2) is 46.2 Å². The number of carbonyl (C=O) groups is 2. The zero-order valence-electron chi connectivity index (χ0n) is 3.53. The quantitative estimate of drug-likeness (QED) is 0.670. The Kier molecular flexibility index (Phi) is 3.91. The Balaban J connectivity index is 3.18. The molecule has 8 heavy (non-hydrogen) atoms. The van der Waals surface area contributed by atoms with Crippen LogP contribution in [0.1, 0.15) is 0 Å². The van der Waals surface area contributed by atoms with E-state index in [9.17, 15) is 9.59 Å².